The number of carbonyl (C=O) groups is 1. The quantitative estimate of drug-likeness (QED) is 0.181. The lowest BCUT2D eigenvalue weighted by molar-refractivity contribution is -0.133. The van der Waals surface area contributed by atoms with Gasteiger partial charge in [0.1, 0.15) is 5.82 Å². The van der Waals surface area contributed by atoms with Crippen LogP contribution in [-0.4, -0.2) is 87.9 Å². The van der Waals surface area contributed by atoms with Gasteiger partial charge in [0.25, 0.3) is 0 Å². The fraction of sp³-hybridized carbons (Fsp3) is 0.525. The Morgan fingerprint density at radius 2 is 1.44 bits per heavy atom. The zero-order chi connectivity index (χ0) is 35.6. The average Bonchev–Trinajstić information content (AvgIpc) is 3.12. The number of nitrogens with one attached hydrogen (secondary N) is 1. The normalized spacial score (nSPS) is 16.9. The van der Waals surface area contributed by atoms with Crippen LogP contribution in [0.15, 0.2) is 48.5 Å². The van der Waals surface area contributed by atoms with E-state index in [0.717, 1.165) is 66.4 Å². The SMILES string of the molecule is CCOc1ccc(CC2c3cc(OCC)c(OCC)cc3CCN2C(=O)CNC(C)c2cc(F)ccc2N2CCN(CC)CC2)cc1OCC. The molecule has 5 rings (SSSR count). The molecule has 0 aromatic heterocycles. The van der Waals surface area contributed by atoms with Gasteiger partial charge in [0.15, 0.2) is 23.0 Å². The summed E-state index contributed by atoms with van der Waals surface area (Å²) in [7, 11) is 0. The number of anilines is 1. The van der Waals surface area contributed by atoms with E-state index in [4.69, 9.17) is 18.9 Å². The number of rotatable bonds is 16. The van der Waals surface area contributed by atoms with E-state index in [1.165, 1.54) is 6.07 Å². The lowest BCUT2D eigenvalue weighted by atomic mass is 9.88. The Morgan fingerprint density at radius 3 is 2.10 bits per heavy atom. The highest BCUT2D eigenvalue weighted by atomic mass is 19.1. The van der Waals surface area contributed by atoms with Crippen LogP contribution in [0.5, 0.6) is 23.0 Å². The molecule has 2 heterocycles. The van der Waals surface area contributed by atoms with E-state index in [2.05, 4.69) is 40.2 Å². The maximum Gasteiger partial charge on any atom is 0.237 e. The van der Waals surface area contributed by atoms with Crippen LogP contribution in [-0.2, 0) is 17.6 Å². The first-order valence-corrected chi connectivity index (χ1v) is 18.4. The van der Waals surface area contributed by atoms with Crippen molar-refractivity contribution in [2.75, 3.05) is 77.1 Å². The Labute approximate surface area is 297 Å². The number of piperazine rings is 1. The minimum absolute atomic E-state index is 0.00942. The van der Waals surface area contributed by atoms with Crippen LogP contribution in [0.1, 0.15) is 75.9 Å². The van der Waals surface area contributed by atoms with Gasteiger partial charge in [-0.25, -0.2) is 4.39 Å². The zero-order valence-electron chi connectivity index (χ0n) is 30.7. The van der Waals surface area contributed by atoms with E-state index in [9.17, 15) is 9.18 Å². The van der Waals surface area contributed by atoms with E-state index in [1.807, 2.05) is 57.7 Å². The topological polar surface area (TPSA) is 75.7 Å². The molecule has 272 valence electrons. The first-order valence-electron chi connectivity index (χ1n) is 18.4. The lowest BCUT2D eigenvalue weighted by Crippen LogP contribution is -2.47. The number of halogens is 1. The van der Waals surface area contributed by atoms with Crippen LogP contribution in [0.2, 0.25) is 0 Å². The summed E-state index contributed by atoms with van der Waals surface area (Å²) >= 11 is 0. The number of amides is 1. The lowest BCUT2D eigenvalue weighted by Gasteiger charge is -2.39. The number of fused-ring (bicyclic) bond motifs is 1. The predicted molar refractivity (Wildman–Crippen MR) is 197 cm³/mol. The maximum absolute atomic E-state index is 14.6. The van der Waals surface area contributed by atoms with Gasteiger partial charge in [0.05, 0.1) is 39.0 Å². The molecule has 2 unspecified atom stereocenters. The predicted octanol–water partition coefficient (Wildman–Crippen LogP) is 6.58. The maximum atomic E-state index is 14.6. The number of hydrogen-bond donors (Lipinski definition) is 1. The van der Waals surface area contributed by atoms with Crippen molar-refractivity contribution in [3.63, 3.8) is 0 Å². The highest BCUT2D eigenvalue weighted by molar-refractivity contribution is 5.79. The third kappa shape index (κ3) is 8.82. The molecule has 1 saturated heterocycles. The first kappa shape index (κ1) is 37.2. The third-order valence-corrected chi connectivity index (χ3v) is 9.70. The van der Waals surface area contributed by atoms with Crippen LogP contribution < -0.4 is 29.2 Å². The van der Waals surface area contributed by atoms with Crippen LogP contribution in [0.4, 0.5) is 10.1 Å². The molecule has 0 spiro atoms. The van der Waals surface area contributed by atoms with E-state index >= 15 is 0 Å². The molecule has 0 aliphatic carbocycles. The molecule has 1 fully saturated rings. The summed E-state index contributed by atoms with van der Waals surface area (Å²) in [5, 5.41) is 3.46. The molecule has 1 amide bonds. The van der Waals surface area contributed by atoms with Crippen molar-refractivity contribution in [1.82, 2.24) is 15.1 Å². The number of ether oxygens (including phenoxy) is 4. The van der Waals surface area contributed by atoms with Gasteiger partial charge in [-0.1, -0.05) is 13.0 Å². The molecule has 3 aromatic carbocycles. The van der Waals surface area contributed by atoms with Crippen molar-refractivity contribution in [2.45, 2.75) is 66.5 Å². The van der Waals surface area contributed by atoms with Crippen LogP contribution in [0.3, 0.4) is 0 Å². The Kier molecular flexibility index (Phi) is 13.2. The van der Waals surface area contributed by atoms with Crippen molar-refractivity contribution in [2.24, 2.45) is 0 Å². The summed E-state index contributed by atoms with van der Waals surface area (Å²) in [6, 6.07) is 14.7. The van der Waals surface area contributed by atoms with Crippen molar-refractivity contribution >= 4 is 11.6 Å². The largest absolute Gasteiger partial charge is 0.490 e. The van der Waals surface area contributed by atoms with Gasteiger partial charge in [-0.2, -0.15) is 0 Å². The van der Waals surface area contributed by atoms with Crippen LogP contribution in [0.25, 0.3) is 0 Å². The third-order valence-electron chi connectivity index (χ3n) is 9.70. The smallest absolute Gasteiger partial charge is 0.237 e. The monoisotopic (exact) mass is 690 g/mol. The van der Waals surface area contributed by atoms with Crippen molar-refractivity contribution in [1.29, 1.82) is 0 Å². The Bertz CT molecular complexity index is 1580. The summed E-state index contributed by atoms with van der Waals surface area (Å²) in [4.78, 5) is 21.0. The van der Waals surface area contributed by atoms with Crippen molar-refractivity contribution in [3.05, 3.63) is 76.6 Å². The zero-order valence-corrected chi connectivity index (χ0v) is 30.7. The molecular weight excluding hydrogens is 635 g/mol. The van der Waals surface area contributed by atoms with E-state index in [0.29, 0.717) is 63.1 Å². The second kappa shape index (κ2) is 17.8. The fourth-order valence-corrected chi connectivity index (χ4v) is 7.13. The first-order chi connectivity index (χ1) is 24.3. The minimum Gasteiger partial charge on any atom is -0.490 e. The molecule has 1 N–H and O–H groups in total. The van der Waals surface area contributed by atoms with E-state index in [-0.39, 0.29) is 30.4 Å². The molecular formula is C40H55FN4O5. The molecule has 2 atom stereocenters. The molecule has 0 bridgehead atoms. The number of benzene rings is 3. The Hall–Kier alpha value is -4.02. The number of likely N-dealkylation sites (N-methyl/N-ethyl adjacent to an activating group) is 1. The molecule has 2 aliphatic heterocycles. The van der Waals surface area contributed by atoms with Crippen LogP contribution >= 0.6 is 0 Å². The summed E-state index contributed by atoms with van der Waals surface area (Å²) in [6.07, 6.45) is 1.28. The average molecular weight is 691 g/mol. The van der Waals surface area contributed by atoms with Gasteiger partial charge < -0.3 is 39.0 Å². The number of nitrogens with zero attached hydrogens (tertiary/aromatic N) is 3. The Morgan fingerprint density at radius 1 is 0.800 bits per heavy atom. The summed E-state index contributed by atoms with van der Waals surface area (Å²) in [5.74, 6) is 2.52. The van der Waals surface area contributed by atoms with Gasteiger partial charge >= 0.3 is 0 Å². The molecule has 0 saturated carbocycles. The van der Waals surface area contributed by atoms with E-state index < -0.39 is 0 Å². The number of carbonyl (C=O) groups excluding carboxylic acids is 1. The number of hydrogen-bond acceptors (Lipinski definition) is 8. The molecule has 3 aromatic rings. The standard InChI is InChI=1S/C40H55FN4O5/c1-7-43-18-20-44(21-19-43)34-14-13-31(41)25-32(34)28(6)42-27-40(46)45-17-16-30-24-38(49-10-4)39(50-11-5)26-33(30)35(45)22-29-12-15-36(47-8-2)37(23-29)48-9-3/h12-15,23-26,28,35,42H,7-11,16-22,27H2,1-6H3. The van der Waals surface area contributed by atoms with E-state index in [1.54, 1.807) is 6.07 Å². The second-order valence-electron chi connectivity index (χ2n) is 12.8. The van der Waals surface area contributed by atoms with Crippen molar-refractivity contribution in [3.8, 4) is 23.0 Å². The summed E-state index contributed by atoms with van der Waals surface area (Å²) in [6.45, 7) is 19.6. The molecule has 50 heavy (non-hydrogen) atoms. The summed E-state index contributed by atoms with van der Waals surface area (Å²) < 4.78 is 38.4. The second-order valence-corrected chi connectivity index (χ2v) is 12.8. The Balaban J connectivity index is 1.41. The van der Waals surface area contributed by atoms with Crippen molar-refractivity contribution < 1.29 is 28.1 Å². The van der Waals surface area contributed by atoms with Gasteiger partial charge in [0, 0.05) is 44.5 Å². The van der Waals surface area contributed by atoms with Gasteiger partial charge in [-0.15, -0.1) is 0 Å². The van der Waals surface area contributed by atoms with Gasteiger partial charge in [-0.05, 0) is 119 Å². The molecule has 10 heteroatoms. The van der Waals surface area contributed by atoms with Gasteiger partial charge in [-0.3, -0.25) is 4.79 Å². The highest BCUT2D eigenvalue weighted by Crippen LogP contribution is 2.41. The fourth-order valence-electron chi connectivity index (χ4n) is 7.13. The highest BCUT2D eigenvalue weighted by Gasteiger charge is 2.33. The molecule has 2 aliphatic rings. The van der Waals surface area contributed by atoms with Gasteiger partial charge in [0.2, 0.25) is 5.91 Å². The minimum atomic E-state index is -0.276. The van der Waals surface area contributed by atoms with Crippen LogP contribution in [0, 0.1) is 5.82 Å². The molecule has 0 radical (unpaired) electrons. The molecule has 9 nitrogen and oxygen atoms in total. The summed E-state index contributed by atoms with van der Waals surface area (Å²) in [5.41, 5.74) is 5.12.